The lowest BCUT2D eigenvalue weighted by molar-refractivity contribution is -0.142. The summed E-state index contributed by atoms with van der Waals surface area (Å²) in [5.41, 5.74) is 27.8. The Hall–Kier alpha value is -7.82. The summed E-state index contributed by atoms with van der Waals surface area (Å²) in [6, 6.07) is 2.03. The molecule has 11 amide bonds. The lowest BCUT2D eigenvalue weighted by Crippen LogP contribution is -2.61. The van der Waals surface area contributed by atoms with Crippen molar-refractivity contribution < 1.29 is 63.0 Å². The Morgan fingerprint density at radius 2 is 1.37 bits per heavy atom. The Kier molecular flexibility index (Phi) is 23.7. The van der Waals surface area contributed by atoms with Crippen LogP contribution in [0.4, 0.5) is 0 Å². The zero-order chi connectivity index (χ0) is 55.2. The highest BCUT2D eigenvalue weighted by Gasteiger charge is 2.40. The van der Waals surface area contributed by atoms with Crippen molar-refractivity contribution >= 4 is 92.5 Å². The number of likely N-dealkylation sites (tertiary alicyclic amines) is 1. The molecule has 0 aromatic heterocycles. The van der Waals surface area contributed by atoms with Crippen molar-refractivity contribution in [2.75, 3.05) is 31.1 Å². The fourth-order valence-corrected chi connectivity index (χ4v) is 9.99. The number of hydrogen-bond donors (Lipinski definition) is 14. The van der Waals surface area contributed by atoms with Crippen LogP contribution in [0.15, 0.2) is 53.5 Å². The van der Waals surface area contributed by atoms with E-state index in [9.17, 15) is 63.0 Å². The Morgan fingerprint density at radius 3 is 2.03 bits per heavy atom. The number of phenolic OH excluding ortho intramolecular Hbond substituents is 2. The van der Waals surface area contributed by atoms with E-state index in [1.807, 2.05) is 0 Å². The summed E-state index contributed by atoms with van der Waals surface area (Å²) in [6.07, 6.45) is -1.69. The number of aromatic hydroxyl groups is 2. The number of rotatable bonds is 19. The zero-order valence-corrected chi connectivity index (χ0v) is 42.4. The predicted octanol–water partition coefficient (Wildman–Crippen LogP) is -4.64. The van der Waals surface area contributed by atoms with Crippen molar-refractivity contribution in [2.24, 2.45) is 33.7 Å². The van der Waals surface area contributed by atoms with Crippen LogP contribution in [-0.2, 0) is 65.6 Å². The molecule has 2 aliphatic rings. The number of hydrogen-bond acceptors (Lipinski definition) is 16. The standard InChI is InChI=1S/C46H64N14O13S2/c47-35(63)13-11-27-40(68)58-30(21-36(48)64)43(71)59-31(45(73)60-16-5-9-32(60)44(72)56-26(8-4-15-52-46(50)51)39(67)53-22-37(49)65)23-75-74-17-14-38(66)54-28(19-25-10-12-33(61)34(62)20-25)41(69)57-29(42(70)55-27)18-24-6-2-1-3-7-24/h1-3,6-7,10,12,20,26-32,61-62H,4-5,8-9,11,13-19,21-23H2,(H2,47,63)(H2,48,64)(H2,49,65)(H,53,67)(H,54,66)(H,55,70)(H,56,72)(H,57,69)(H,58,68)(H,59,71)(H4,50,51,52)/t26-,27+,28+,29+,30+,31+,32+/m1/s1. The molecule has 0 aliphatic carbocycles. The van der Waals surface area contributed by atoms with Crippen LogP contribution in [0.1, 0.15) is 62.5 Å². The van der Waals surface area contributed by atoms with Gasteiger partial charge in [0.25, 0.3) is 0 Å². The van der Waals surface area contributed by atoms with Gasteiger partial charge >= 0.3 is 0 Å². The van der Waals surface area contributed by atoms with E-state index in [1.54, 1.807) is 30.3 Å². The number of carbonyl (C=O) groups excluding carboxylic acids is 11. The lowest BCUT2D eigenvalue weighted by Gasteiger charge is -2.31. The van der Waals surface area contributed by atoms with Gasteiger partial charge in [-0.2, -0.15) is 0 Å². The highest BCUT2D eigenvalue weighted by Crippen LogP contribution is 2.27. The average molecular weight is 1090 g/mol. The first-order valence-corrected chi connectivity index (χ1v) is 26.2. The number of nitrogens with two attached hydrogens (primary N) is 5. The first-order chi connectivity index (χ1) is 35.6. The lowest BCUT2D eigenvalue weighted by atomic mass is 10.0. The summed E-state index contributed by atoms with van der Waals surface area (Å²) in [5.74, 6) is -11.0. The maximum Gasteiger partial charge on any atom is 0.246 e. The maximum atomic E-state index is 14.6. The first-order valence-electron chi connectivity index (χ1n) is 23.7. The minimum Gasteiger partial charge on any atom is -0.504 e. The molecular formula is C46H64N14O13S2. The van der Waals surface area contributed by atoms with E-state index >= 15 is 0 Å². The van der Waals surface area contributed by atoms with Crippen LogP contribution in [0.3, 0.4) is 0 Å². The summed E-state index contributed by atoms with van der Waals surface area (Å²) in [7, 11) is 2.13. The molecule has 0 saturated carbocycles. The van der Waals surface area contributed by atoms with Gasteiger partial charge in [-0.25, -0.2) is 0 Å². The summed E-state index contributed by atoms with van der Waals surface area (Å²) in [5, 5.41) is 37.9. The quantitative estimate of drug-likeness (QED) is 0.0207. The molecule has 27 nitrogen and oxygen atoms in total. The molecule has 2 aromatic rings. The van der Waals surface area contributed by atoms with Crippen LogP contribution in [0.5, 0.6) is 11.5 Å². The SMILES string of the molecule is NC(=O)CC[C@@H]1NC(=O)[C@H](Cc2ccccc2)NC(=O)[C@H](Cc2ccc(O)c(O)c2)NC(=O)CCSSC[C@@H](C(=O)N2CCC[C@H]2C(=O)N[C@H](CCCN=C(N)N)C(=O)NCC(N)=O)NC(=O)[C@H](CC(N)=O)NC1=O. The minimum atomic E-state index is -1.79. The molecular weight excluding hydrogens is 1020 g/mol. The third kappa shape index (κ3) is 20.2. The van der Waals surface area contributed by atoms with Crippen molar-refractivity contribution in [2.45, 2.75) is 107 Å². The Bertz CT molecular complexity index is 2450. The first kappa shape index (κ1) is 59.7. The van der Waals surface area contributed by atoms with Gasteiger partial charge in [0.1, 0.15) is 42.3 Å². The summed E-state index contributed by atoms with van der Waals surface area (Å²) in [4.78, 5) is 153. The second kappa shape index (κ2) is 29.8. The number of carbonyl (C=O) groups is 11. The van der Waals surface area contributed by atoms with E-state index in [2.05, 4.69) is 42.2 Å². The van der Waals surface area contributed by atoms with Gasteiger partial charge in [-0.15, -0.1) is 0 Å². The number of guanidine groups is 1. The van der Waals surface area contributed by atoms with Gasteiger partial charge in [-0.1, -0.05) is 58.0 Å². The molecule has 408 valence electrons. The Balaban J connectivity index is 1.69. The minimum absolute atomic E-state index is 0.00345. The summed E-state index contributed by atoms with van der Waals surface area (Å²) < 4.78 is 0. The van der Waals surface area contributed by atoms with Crippen molar-refractivity contribution in [1.82, 2.24) is 42.1 Å². The molecule has 0 radical (unpaired) electrons. The third-order valence-electron chi connectivity index (χ3n) is 11.6. The molecule has 75 heavy (non-hydrogen) atoms. The van der Waals surface area contributed by atoms with Gasteiger partial charge in [-0.05, 0) is 55.4 Å². The second-order valence-corrected chi connectivity index (χ2v) is 20.1. The smallest absolute Gasteiger partial charge is 0.246 e. The molecule has 4 rings (SSSR count). The largest absolute Gasteiger partial charge is 0.504 e. The normalized spacial score (nSPS) is 21.6. The van der Waals surface area contributed by atoms with Crippen LogP contribution >= 0.6 is 21.6 Å². The van der Waals surface area contributed by atoms with E-state index in [-0.39, 0.29) is 69.1 Å². The topological polar surface area (TPSA) is 458 Å². The van der Waals surface area contributed by atoms with E-state index in [1.165, 1.54) is 23.1 Å². The molecule has 0 bridgehead atoms. The Labute approximate surface area is 438 Å². The van der Waals surface area contributed by atoms with Gasteiger partial charge in [0.2, 0.25) is 65.0 Å². The number of phenols is 2. The Morgan fingerprint density at radius 1 is 0.733 bits per heavy atom. The molecule has 2 fully saturated rings. The fourth-order valence-electron chi connectivity index (χ4n) is 7.85. The molecule has 29 heteroatoms. The number of nitrogens with one attached hydrogen (secondary N) is 7. The molecule has 2 heterocycles. The number of primary amides is 3. The molecule has 19 N–H and O–H groups in total. The van der Waals surface area contributed by atoms with Crippen molar-refractivity contribution in [3.8, 4) is 11.5 Å². The number of nitrogens with zero attached hydrogens (tertiary/aromatic N) is 2. The average Bonchev–Trinajstić information content (AvgIpc) is 3.85. The third-order valence-corrected chi connectivity index (χ3v) is 14.0. The zero-order valence-electron chi connectivity index (χ0n) is 40.7. The molecule has 2 saturated heterocycles. The summed E-state index contributed by atoms with van der Waals surface area (Å²) >= 11 is 0. The molecule has 7 atom stereocenters. The highest BCUT2D eigenvalue weighted by atomic mass is 33.1. The van der Waals surface area contributed by atoms with Crippen LogP contribution in [0, 0.1) is 0 Å². The van der Waals surface area contributed by atoms with Crippen molar-refractivity contribution in [3.63, 3.8) is 0 Å². The second-order valence-electron chi connectivity index (χ2n) is 17.5. The van der Waals surface area contributed by atoms with Gasteiger partial charge < -0.3 is 81.0 Å². The van der Waals surface area contributed by atoms with Gasteiger partial charge in [-0.3, -0.25) is 57.7 Å². The molecule has 0 spiro atoms. The molecule has 0 unspecified atom stereocenters. The molecule has 2 aliphatic heterocycles. The van der Waals surface area contributed by atoms with Crippen molar-refractivity contribution in [1.29, 1.82) is 0 Å². The molecule has 2 aromatic carbocycles. The van der Waals surface area contributed by atoms with Crippen molar-refractivity contribution in [3.05, 3.63) is 59.7 Å². The van der Waals surface area contributed by atoms with Crippen LogP contribution in [0.25, 0.3) is 0 Å². The fraction of sp³-hybridized carbons (Fsp3) is 0.478. The van der Waals surface area contributed by atoms with E-state index in [0.717, 1.165) is 21.6 Å². The maximum absolute atomic E-state index is 14.6. The number of benzene rings is 2. The van der Waals surface area contributed by atoms with Crippen LogP contribution in [-0.4, -0.2) is 159 Å². The highest BCUT2D eigenvalue weighted by molar-refractivity contribution is 8.76. The number of amides is 11. The van der Waals surface area contributed by atoms with Gasteiger partial charge in [0.15, 0.2) is 17.5 Å². The van der Waals surface area contributed by atoms with E-state index in [0.29, 0.717) is 17.5 Å². The van der Waals surface area contributed by atoms with Crippen LogP contribution < -0.4 is 65.9 Å². The van der Waals surface area contributed by atoms with E-state index in [4.69, 9.17) is 28.7 Å². The van der Waals surface area contributed by atoms with E-state index < -0.39 is 145 Å². The monoisotopic (exact) mass is 1080 g/mol. The summed E-state index contributed by atoms with van der Waals surface area (Å²) in [6.45, 7) is -0.432. The van der Waals surface area contributed by atoms with Crippen LogP contribution in [0.2, 0.25) is 0 Å². The predicted molar refractivity (Wildman–Crippen MR) is 274 cm³/mol. The van der Waals surface area contributed by atoms with Gasteiger partial charge in [0, 0.05) is 50.3 Å². The van der Waals surface area contributed by atoms with Gasteiger partial charge in [0.05, 0.1) is 13.0 Å². The number of aliphatic imine (C=N–C) groups is 1.